The van der Waals surface area contributed by atoms with Crippen molar-refractivity contribution in [3.63, 3.8) is 0 Å². The molecule has 1 saturated heterocycles. The molecule has 302 valence electrons. The Kier molecular flexibility index (Phi) is 8.74. The van der Waals surface area contributed by atoms with Crippen LogP contribution < -0.4 is 16.8 Å². The number of likely N-dealkylation sites (tertiary alicyclic amines) is 1. The Morgan fingerprint density at radius 1 is 0.732 bits per heavy atom. The summed E-state index contributed by atoms with van der Waals surface area (Å²) in [6.07, 6.45) is 16.9. The monoisotopic (exact) mass is 842 g/mol. The maximum Gasteiger partial charge on any atom is 0.228 e. The molecule has 0 radical (unpaired) electrons. The Bertz CT molecular complexity index is 1900. The van der Waals surface area contributed by atoms with Crippen LogP contribution in [0.4, 0.5) is 0 Å². The smallest absolute Gasteiger partial charge is 0.228 e. The summed E-state index contributed by atoms with van der Waals surface area (Å²) in [5.41, 5.74) is 15.9. The number of carbonyl (C=O) groups excluding carboxylic acids is 2. The number of amides is 2. The number of nitrogens with two attached hydrogens (primary N) is 2. The van der Waals surface area contributed by atoms with E-state index in [-0.39, 0.29) is 60.8 Å². The number of hydrogen-bond donors (Lipinski definition) is 3. The molecule has 2 aromatic carbocycles. The third kappa shape index (κ3) is 5.87. The summed E-state index contributed by atoms with van der Waals surface area (Å²) in [6, 6.07) is 21.6. The molecule has 8 heteroatoms. The molecule has 0 aromatic heterocycles. The van der Waals surface area contributed by atoms with Crippen molar-refractivity contribution in [3.8, 4) is 0 Å². The van der Waals surface area contributed by atoms with E-state index in [2.05, 4.69) is 94.6 Å². The number of hydrogen-bond acceptors (Lipinski definition) is 4. The van der Waals surface area contributed by atoms with Crippen molar-refractivity contribution < 1.29 is 9.59 Å². The Balaban J connectivity index is 0.994. The minimum Gasteiger partial charge on any atom is -0.353 e. The number of piperidine rings is 1. The molecule has 8 bridgehead atoms. The zero-order valence-corrected chi connectivity index (χ0v) is 36.2. The average Bonchev–Trinajstić information content (AvgIpc) is 3.15. The van der Waals surface area contributed by atoms with Crippen LogP contribution in [0.1, 0.15) is 140 Å². The van der Waals surface area contributed by atoms with E-state index in [1.165, 1.54) is 16.7 Å². The SMILES string of the molecule is CC1(C)CN(C(=O)C23CC4CC(CCl)(C2)CC(c2ccc(C56CC7(Br)CC(C(=O)NC8CCC(N)CC8)(CC(c8ccccc8)(C7)C5)C6)cc2)(C4)C3)CC[C@@H]1N. The highest BCUT2D eigenvalue weighted by atomic mass is 79.9. The number of rotatable bonds is 7. The van der Waals surface area contributed by atoms with Crippen LogP contribution in [0.2, 0.25) is 0 Å². The van der Waals surface area contributed by atoms with Gasteiger partial charge in [-0.25, -0.2) is 0 Å². The van der Waals surface area contributed by atoms with Crippen molar-refractivity contribution in [1.29, 1.82) is 0 Å². The van der Waals surface area contributed by atoms with Gasteiger partial charge in [0.25, 0.3) is 0 Å². The van der Waals surface area contributed by atoms with Gasteiger partial charge in [-0.3, -0.25) is 9.59 Å². The molecule has 1 aliphatic heterocycles. The third-order valence-electron chi connectivity index (χ3n) is 17.6. The van der Waals surface area contributed by atoms with E-state index in [0.29, 0.717) is 17.7 Å². The highest BCUT2D eigenvalue weighted by Crippen LogP contribution is 2.74. The Labute approximate surface area is 348 Å². The lowest BCUT2D eigenvalue weighted by molar-refractivity contribution is -0.173. The molecule has 1 heterocycles. The predicted molar refractivity (Wildman–Crippen MR) is 228 cm³/mol. The van der Waals surface area contributed by atoms with E-state index in [0.717, 1.165) is 122 Å². The third-order valence-corrected chi connectivity index (χ3v) is 19.0. The number of alkyl halides is 2. The Hall–Kier alpha value is -1.93. The van der Waals surface area contributed by atoms with E-state index in [1.807, 2.05) is 0 Å². The summed E-state index contributed by atoms with van der Waals surface area (Å²) in [5.74, 6) is 1.80. The molecule has 2 amide bonds. The molecule has 2 aromatic rings. The van der Waals surface area contributed by atoms with Gasteiger partial charge in [0.15, 0.2) is 0 Å². The minimum atomic E-state index is -0.432. The van der Waals surface area contributed by atoms with Gasteiger partial charge in [0.1, 0.15) is 0 Å². The summed E-state index contributed by atoms with van der Waals surface area (Å²) in [7, 11) is 0. The minimum absolute atomic E-state index is 0.00445. The van der Waals surface area contributed by atoms with Crippen LogP contribution in [0.15, 0.2) is 54.6 Å². The topological polar surface area (TPSA) is 101 Å². The van der Waals surface area contributed by atoms with Crippen LogP contribution in [0.3, 0.4) is 0 Å². The molecule has 9 saturated carbocycles. The first-order chi connectivity index (χ1) is 26.6. The number of halogens is 2. The first-order valence-corrected chi connectivity index (χ1v) is 23.4. The van der Waals surface area contributed by atoms with E-state index in [1.54, 1.807) is 0 Å². The fourth-order valence-corrected chi connectivity index (χ4v) is 18.1. The van der Waals surface area contributed by atoms with E-state index in [4.69, 9.17) is 23.1 Å². The van der Waals surface area contributed by atoms with Gasteiger partial charge in [-0.2, -0.15) is 0 Å². The van der Waals surface area contributed by atoms with Crippen LogP contribution in [0.25, 0.3) is 0 Å². The maximum atomic E-state index is 14.9. The molecule has 9 atom stereocenters. The fourth-order valence-electron chi connectivity index (χ4n) is 16.2. The van der Waals surface area contributed by atoms with Crippen LogP contribution >= 0.6 is 27.5 Å². The Morgan fingerprint density at radius 3 is 2.00 bits per heavy atom. The number of benzene rings is 2. The zero-order valence-electron chi connectivity index (χ0n) is 33.8. The van der Waals surface area contributed by atoms with E-state index in [9.17, 15) is 9.59 Å². The van der Waals surface area contributed by atoms with Crippen molar-refractivity contribution in [2.24, 2.45) is 39.0 Å². The van der Waals surface area contributed by atoms with Crippen LogP contribution in [-0.2, 0) is 25.8 Å². The number of carbonyl (C=O) groups is 2. The van der Waals surface area contributed by atoms with Gasteiger partial charge in [0.05, 0.1) is 10.8 Å². The van der Waals surface area contributed by atoms with Gasteiger partial charge >= 0.3 is 0 Å². The largest absolute Gasteiger partial charge is 0.353 e. The summed E-state index contributed by atoms with van der Waals surface area (Å²) in [4.78, 5) is 31.9. The quantitative estimate of drug-likeness (QED) is 0.243. The van der Waals surface area contributed by atoms with Crippen LogP contribution in [0.5, 0.6) is 0 Å². The molecule has 8 unspecified atom stereocenters. The standard InChI is InChI=1S/C48H64BrClN4O2/c1-41(2)31-54(17-16-38(41)52)40(56)44-20-32-18-42(22-44,30-50)21-43(19-32,23-44)34-8-10-35(11-9-34)46-24-45(33-6-4-3-5-7-33)25-47(26-46,29-48(49,27-45)28-46)39(55)53-37-14-12-36(51)13-15-37/h3-11,32,36-38H,12-31,51-52H2,1-2H3,(H,53,55)/t32?,36?,37?,38-,42?,43?,44?,45?,46?,47?,48?/m0/s1. The molecular formula is C48H64BrClN4O2. The van der Waals surface area contributed by atoms with Crippen molar-refractivity contribution in [3.05, 3.63) is 71.3 Å². The first kappa shape index (κ1) is 38.3. The predicted octanol–water partition coefficient (Wildman–Crippen LogP) is 8.78. The summed E-state index contributed by atoms with van der Waals surface area (Å²) >= 11 is 11.4. The molecule has 56 heavy (non-hydrogen) atoms. The molecule has 10 aliphatic rings. The second kappa shape index (κ2) is 12.8. The molecule has 0 spiro atoms. The fraction of sp³-hybridized carbons (Fsp3) is 0.708. The molecule has 5 N–H and O–H groups in total. The summed E-state index contributed by atoms with van der Waals surface area (Å²) in [5, 5.41) is 3.62. The Morgan fingerprint density at radius 2 is 1.36 bits per heavy atom. The van der Waals surface area contributed by atoms with Gasteiger partial charge < -0.3 is 21.7 Å². The highest BCUT2D eigenvalue weighted by molar-refractivity contribution is 9.10. The van der Waals surface area contributed by atoms with Crippen molar-refractivity contribution in [2.45, 2.75) is 162 Å². The second-order valence-electron chi connectivity index (χ2n) is 22.4. The highest BCUT2D eigenvalue weighted by Gasteiger charge is 2.71. The summed E-state index contributed by atoms with van der Waals surface area (Å²) in [6.45, 7) is 5.96. The molecule has 12 rings (SSSR count). The lowest BCUT2D eigenvalue weighted by Gasteiger charge is -2.69. The van der Waals surface area contributed by atoms with Crippen LogP contribution in [-0.4, -0.2) is 58.1 Å². The number of nitrogens with one attached hydrogen (secondary N) is 1. The normalized spacial score (nSPS) is 45.9. The maximum absolute atomic E-state index is 14.9. The van der Waals surface area contributed by atoms with Crippen molar-refractivity contribution in [2.75, 3.05) is 19.0 Å². The van der Waals surface area contributed by atoms with Gasteiger partial charge in [0, 0.05) is 41.4 Å². The average molecular weight is 844 g/mol. The van der Waals surface area contributed by atoms with Crippen molar-refractivity contribution in [1.82, 2.24) is 10.2 Å². The molecule has 10 fully saturated rings. The second-order valence-corrected chi connectivity index (χ2v) is 24.3. The van der Waals surface area contributed by atoms with Gasteiger partial charge in [-0.1, -0.05) is 84.4 Å². The van der Waals surface area contributed by atoms with Gasteiger partial charge in [-0.05, 0) is 159 Å². The molecule has 6 nitrogen and oxygen atoms in total. The van der Waals surface area contributed by atoms with E-state index < -0.39 is 5.41 Å². The molecule has 9 aliphatic carbocycles. The van der Waals surface area contributed by atoms with Crippen LogP contribution in [0, 0.1) is 27.6 Å². The lowest BCUT2D eigenvalue weighted by atomic mass is 9.37. The number of nitrogens with zero attached hydrogens (tertiary/aromatic N) is 1. The van der Waals surface area contributed by atoms with Gasteiger partial charge in [-0.15, -0.1) is 11.6 Å². The summed E-state index contributed by atoms with van der Waals surface area (Å²) < 4.78 is -0.102. The van der Waals surface area contributed by atoms with Gasteiger partial charge in [0.2, 0.25) is 11.8 Å². The van der Waals surface area contributed by atoms with Crippen molar-refractivity contribution >= 4 is 39.3 Å². The first-order valence-electron chi connectivity index (χ1n) is 22.1. The lowest BCUT2D eigenvalue weighted by Crippen LogP contribution is -2.68. The van der Waals surface area contributed by atoms with E-state index >= 15 is 0 Å². The zero-order chi connectivity index (χ0) is 39.0. The molecular weight excluding hydrogens is 780 g/mol.